The zero-order chi connectivity index (χ0) is 21.2. The summed E-state index contributed by atoms with van der Waals surface area (Å²) in [5.74, 6) is -0.592. The van der Waals surface area contributed by atoms with Crippen LogP contribution in [0.3, 0.4) is 0 Å². The molecule has 2 aromatic rings. The van der Waals surface area contributed by atoms with Crippen molar-refractivity contribution in [2.24, 2.45) is 0 Å². The Bertz CT molecular complexity index is 759. The Morgan fingerprint density at radius 1 is 1.18 bits per heavy atom. The Morgan fingerprint density at radius 2 is 1.82 bits per heavy atom. The molecule has 0 unspecified atom stereocenters. The Kier molecular flexibility index (Phi) is 9.54. The molecule has 8 nitrogen and oxygen atoms in total. The lowest BCUT2D eigenvalue weighted by Gasteiger charge is -2.17. The molecule has 0 bridgehead atoms. The predicted molar refractivity (Wildman–Crippen MR) is 108 cm³/mol. The van der Waals surface area contributed by atoms with Gasteiger partial charge in [-0.05, 0) is 30.5 Å². The molecule has 1 aromatic carbocycles. The number of anilines is 1. The normalized spacial score (nSPS) is 10.6. The van der Waals surface area contributed by atoms with E-state index in [1.165, 1.54) is 11.3 Å². The first kappa shape index (κ1) is 23.5. The third-order valence-electron chi connectivity index (χ3n) is 4.06. The molecular weight excluding hydrogens is 382 g/mol. The molecule has 3 N–H and O–H groups in total. The number of aliphatic carboxylic acids is 1. The summed E-state index contributed by atoms with van der Waals surface area (Å²) in [4.78, 5) is 22.6. The molecule has 0 atom stereocenters. The van der Waals surface area contributed by atoms with Gasteiger partial charge in [0.25, 0.3) is 5.91 Å². The van der Waals surface area contributed by atoms with E-state index in [-0.39, 0.29) is 24.3 Å². The summed E-state index contributed by atoms with van der Waals surface area (Å²) in [5.41, 5.74) is 0.837. The van der Waals surface area contributed by atoms with E-state index in [9.17, 15) is 9.59 Å². The molecule has 1 heterocycles. The van der Waals surface area contributed by atoms with E-state index < -0.39 is 5.97 Å². The molecule has 0 aliphatic rings. The van der Waals surface area contributed by atoms with Gasteiger partial charge in [-0.25, -0.2) is 0 Å². The van der Waals surface area contributed by atoms with E-state index in [4.69, 9.17) is 14.9 Å². The second kappa shape index (κ2) is 11.4. The maximum atomic E-state index is 12.0. The second-order valence-corrected chi connectivity index (χ2v) is 7.50. The number of carbonyl (C=O) groups is 2. The Morgan fingerprint density at radius 3 is 2.39 bits per heavy atom. The molecule has 0 spiro atoms. The molecule has 0 fully saturated rings. The standard InChI is InChI=1S/C18H23N3O4S.CH4O/c1-4-18(2,3)16-20-21-17(26-16)19-14(22)11-25-13-8-5-12(6-9-13)7-10-15(23)24;1-2/h5-6,8-9H,4,7,10-11H2,1-3H3,(H,23,24)(H,19,21,22);2H,1H3. The first-order chi connectivity index (χ1) is 13.3. The van der Waals surface area contributed by atoms with Crippen molar-refractivity contribution >= 4 is 28.3 Å². The molecular formula is C19H27N3O5S. The quantitative estimate of drug-likeness (QED) is 0.582. The van der Waals surface area contributed by atoms with Gasteiger partial charge >= 0.3 is 5.97 Å². The number of hydrogen-bond acceptors (Lipinski definition) is 7. The van der Waals surface area contributed by atoms with Crippen LogP contribution in [-0.4, -0.2) is 46.0 Å². The summed E-state index contributed by atoms with van der Waals surface area (Å²) in [6, 6.07) is 7.02. The lowest BCUT2D eigenvalue weighted by molar-refractivity contribution is -0.137. The highest BCUT2D eigenvalue weighted by atomic mass is 32.1. The first-order valence-corrected chi connectivity index (χ1v) is 9.64. The number of amides is 1. The van der Waals surface area contributed by atoms with E-state index >= 15 is 0 Å². The fourth-order valence-corrected chi connectivity index (χ4v) is 2.94. The molecule has 0 aliphatic heterocycles. The van der Waals surface area contributed by atoms with Crippen LogP contribution in [0.1, 0.15) is 44.2 Å². The number of nitrogens with one attached hydrogen (secondary N) is 1. The van der Waals surface area contributed by atoms with Gasteiger partial charge in [-0.2, -0.15) is 0 Å². The van der Waals surface area contributed by atoms with Crippen molar-refractivity contribution in [1.29, 1.82) is 0 Å². The summed E-state index contributed by atoms with van der Waals surface area (Å²) in [6.07, 6.45) is 1.48. The predicted octanol–water partition coefficient (Wildman–Crippen LogP) is 2.87. The molecule has 0 saturated heterocycles. The van der Waals surface area contributed by atoms with E-state index in [1.807, 2.05) is 0 Å². The van der Waals surface area contributed by atoms with Crippen molar-refractivity contribution in [2.75, 3.05) is 19.0 Å². The van der Waals surface area contributed by atoms with Crippen LogP contribution in [0.4, 0.5) is 5.13 Å². The maximum Gasteiger partial charge on any atom is 0.303 e. The van der Waals surface area contributed by atoms with Crippen LogP contribution >= 0.6 is 11.3 Å². The SMILES string of the molecule is CCC(C)(C)c1nnc(NC(=O)COc2ccc(CCC(=O)O)cc2)s1.CO. The van der Waals surface area contributed by atoms with E-state index in [1.54, 1.807) is 24.3 Å². The van der Waals surface area contributed by atoms with Gasteiger partial charge in [0, 0.05) is 18.9 Å². The zero-order valence-electron chi connectivity index (χ0n) is 16.6. The summed E-state index contributed by atoms with van der Waals surface area (Å²) in [5, 5.41) is 27.9. The van der Waals surface area contributed by atoms with Crippen LogP contribution in [0.2, 0.25) is 0 Å². The van der Waals surface area contributed by atoms with Gasteiger partial charge in [0.05, 0.1) is 0 Å². The van der Waals surface area contributed by atoms with Crippen molar-refractivity contribution in [3.63, 3.8) is 0 Å². The highest BCUT2D eigenvalue weighted by Crippen LogP contribution is 2.30. The minimum atomic E-state index is -0.829. The lowest BCUT2D eigenvalue weighted by atomic mass is 9.91. The maximum absolute atomic E-state index is 12.0. The summed E-state index contributed by atoms with van der Waals surface area (Å²) < 4.78 is 5.44. The van der Waals surface area contributed by atoms with Gasteiger partial charge in [0.15, 0.2) is 6.61 Å². The molecule has 28 heavy (non-hydrogen) atoms. The molecule has 0 aliphatic carbocycles. The van der Waals surface area contributed by atoms with Gasteiger partial charge in [0.2, 0.25) is 5.13 Å². The summed E-state index contributed by atoms with van der Waals surface area (Å²) >= 11 is 1.37. The third kappa shape index (κ3) is 7.61. The monoisotopic (exact) mass is 409 g/mol. The molecule has 1 aromatic heterocycles. The number of aromatic nitrogens is 2. The molecule has 2 rings (SSSR count). The molecule has 1 amide bonds. The van der Waals surface area contributed by atoms with Crippen LogP contribution in [0.25, 0.3) is 0 Å². The molecule has 0 radical (unpaired) electrons. The number of aliphatic hydroxyl groups is 1. The van der Waals surface area contributed by atoms with Crippen molar-refractivity contribution < 1.29 is 24.5 Å². The smallest absolute Gasteiger partial charge is 0.303 e. The third-order valence-corrected chi connectivity index (χ3v) is 5.26. The first-order valence-electron chi connectivity index (χ1n) is 8.82. The highest BCUT2D eigenvalue weighted by Gasteiger charge is 2.23. The minimum absolute atomic E-state index is 0.0699. The van der Waals surface area contributed by atoms with Gasteiger partial charge < -0.3 is 14.9 Å². The molecule has 9 heteroatoms. The van der Waals surface area contributed by atoms with Crippen molar-refractivity contribution in [2.45, 2.75) is 45.4 Å². The number of carbonyl (C=O) groups excluding carboxylic acids is 1. The lowest BCUT2D eigenvalue weighted by Crippen LogP contribution is -2.20. The van der Waals surface area contributed by atoms with Crippen LogP contribution in [0.15, 0.2) is 24.3 Å². The number of hydrogen-bond donors (Lipinski definition) is 3. The van der Waals surface area contributed by atoms with Crippen LogP contribution < -0.4 is 10.1 Å². The summed E-state index contributed by atoms with van der Waals surface area (Å²) in [7, 11) is 1.00. The summed E-state index contributed by atoms with van der Waals surface area (Å²) in [6.45, 7) is 6.12. The number of benzene rings is 1. The van der Waals surface area contributed by atoms with Crippen LogP contribution in [-0.2, 0) is 21.4 Å². The number of ether oxygens (including phenoxy) is 1. The number of carboxylic acid groups (broad SMARTS) is 1. The van der Waals surface area contributed by atoms with Crippen molar-refractivity contribution in [3.8, 4) is 5.75 Å². The Labute approximate surface area is 168 Å². The average Bonchev–Trinajstić information content (AvgIpc) is 3.16. The fraction of sp³-hybridized carbons (Fsp3) is 0.474. The largest absolute Gasteiger partial charge is 0.484 e. The number of nitrogens with zero attached hydrogens (tertiary/aromatic N) is 2. The average molecular weight is 410 g/mol. The van der Waals surface area contributed by atoms with Gasteiger partial charge in [0.1, 0.15) is 10.8 Å². The Hall–Kier alpha value is -2.52. The fourth-order valence-electron chi connectivity index (χ4n) is 2.01. The zero-order valence-corrected chi connectivity index (χ0v) is 17.4. The molecule has 0 saturated carbocycles. The topological polar surface area (TPSA) is 122 Å². The number of aliphatic hydroxyl groups excluding tert-OH is 1. The highest BCUT2D eigenvalue weighted by molar-refractivity contribution is 7.15. The van der Waals surface area contributed by atoms with Crippen LogP contribution in [0, 0.1) is 0 Å². The van der Waals surface area contributed by atoms with Gasteiger partial charge in [-0.3, -0.25) is 14.9 Å². The van der Waals surface area contributed by atoms with Gasteiger partial charge in [-0.15, -0.1) is 10.2 Å². The van der Waals surface area contributed by atoms with E-state index in [0.29, 0.717) is 17.3 Å². The molecule has 154 valence electrons. The van der Waals surface area contributed by atoms with Crippen molar-refractivity contribution in [3.05, 3.63) is 34.8 Å². The Balaban J connectivity index is 0.00000190. The van der Waals surface area contributed by atoms with Crippen molar-refractivity contribution in [1.82, 2.24) is 10.2 Å². The van der Waals surface area contributed by atoms with Gasteiger partial charge in [-0.1, -0.05) is 44.2 Å². The van der Waals surface area contributed by atoms with E-state index in [2.05, 4.69) is 36.3 Å². The number of aryl methyl sites for hydroxylation is 1. The second-order valence-electron chi connectivity index (χ2n) is 6.52. The number of rotatable bonds is 9. The number of carboxylic acids is 1. The van der Waals surface area contributed by atoms with E-state index in [0.717, 1.165) is 24.1 Å². The van der Waals surface area contributed by atoms with Crippen LogP contribution in [0.5, 0.6) is 5.75 Å². The minimum Gasteiger partial charge on any atom is -0.484 e.